The van der Waals surface area contributed by atoms with Gasteiger partial charge in [0.05, 0.1) is 5.69 Å². The SMILES string of the molecule is CCc1cc(C(=O)N(CCN(C)C)CC(=O)O)n(CC)n1. The van der Waals surface area contributed by atoms with Crippen molar-refractivity contribution in [3.05, 3.63) is 17.5 Å². The minimum atomic E-state index is -1.01. The van der Waals surface area contributed by atoms with Gasteiger partial charge in [0.15, 0.2) is 0 Å². The molecule has 21 heavy (non-hydrogen) atoms. The van der Waals surface area contributed by atoms with Crippen molar-refractivity contribution in [1.82, 2.24) is 19.6 Å². The summed E-state index contributed by atoms with van der Waals surface area (Å²) in [6, 6.07) is 1.75. The summed E-state index contributed by atoms with van der Waals surface area (Å²) < 4.78 is 1.63. The molecule has 0 bridgehead atoms. The van der Waals surface area contributed by atoms with Gasteiger partial charge in [-0.15, -0.1) is 0 Å². The Morgan fingerprint density at radius 2 is 1.95 bits per heavy atom. The molecule has 1 rings (SSSR count). The van der Waals surface area contributed by atoms with Crippen LogP contribution in [0.3, 0.4) is 0 Å². The van der Waals surface area contributed by atoms with Gasteiger partial charge in [-0.1, -0.05) is 6.92 Å². The number of likely N-dealkylation sites (N-methyl/N-ethyl adjacent to an activating group) is 1. The fourth-order valence-corrected chi connectivity index (χ4v) is 1.95. The molecule has 0 aliphatic rings. The molecule has 1 aromatic rings. The molecule has 0 saturated carbocycles. The van der Waals surface area contributed by atoms with Gasteiger partial charge in [-0.05, 0) is 33.5 Å². The van der Waals surface area contributed by atoms with E-state index in [4.69, 9.17) is 5.11 Å². The fraction of sp³-hybridized carbons (Fsp3) is 0.643. The standard InChI is InChI=1S/C14H24N4O3/c1-5-11-9-12(18(6-2)15-11)14(21)17(10-13(19)20)8-7-16(3)4/h9H,5-8,10H2,1-4H3,(H,19,20). The summed E-state index contributed by atoms with van der Waals surface area (Å²) in [6.07, 6.45) is 0.740. The van der Waals surface area contributed by atoms with Crippen LogP contribution in [0.4, 0.5) is 0 Å². The number of aliphatic carboxylic acids is 1. The lowest BCUT2D eigenvalue weighted by Gasteiger charge is -2.22. The Bertz CT molecular complexity index is 496. The van der Waals surface area contributed by atoms with E-state index in [9.17, 15) is 9.59 Å². The summed E-state index contributed by atoms with van der Waals surface area (Å²) in [5.41, 5.74) is 1.29. The highest BCUT2D eigenvalue weighted by atomic mass is 16.4. The number of amides is 1. The first kappa shape index (κ1) is 17.2. The number of aromatic nitrogens is 2. The van der Waals surface area contributed by atoms with Crippen molar-refractivity contribution in [2.24, 2.45) is 0 Å². The lowest BCUT2D eigenvalue weighted by Crippen LogP contribution is -2.40. The minimum Gasteiger partial charge on any atom is -0.480 e. The van der Waals surface area contributed by atoms with Gasteiger partial charge in [0.2, 0.25) is 0 Å². The molecule has 1 N–H and O–H groups in total. The van der Waals surface area contributed by atoms with Gasteiger partial charge in [0.25, 0.3) is 5.91 Å². The average Bonchev–Trinajstić information content (AvgIpc) is 2.85. The quantitative estimate of drug-likeness (QED) is 0.758. The second kappa shape index (κ2) is 7.78. The molecule has 1 amide bonds. The molecule has 7 nitrogen and oxygen atoms in total. The van der Waals surface area contributed by atoms with Gasteiger partial charge in [-0.3, -0.25) is 14.3 Å². The number of carboxylic acid groups (broad SMARTS) is 1. The van der Waals surface area contributed by atoms with Crippen LogP contribution in [0, 0.1) is 0 Å². The van der Waals surface area contributed by atoms with Crippen molar-refractivity contribution in [1.29, 1.82) is 0 Å². The summed E-state index contributed by atoms with van der Waals surface area (Å²) in [5.74, 6) is -1.30. The monoisotopic (exact) mass is 296 g/mol. The van der Waals surface area contributed by atoms with Crippen LogP contribution >= 0.6 is 0 Å². The first-order valence-electron chi connectivity index (χ1n) is 7.11. The molecule has 0 fully saturated rings. The molecule has 1 aromatic heterocycles. The molecule has 1 heterocycles. The highest BCUT2D eigenvalue weighted by Crippen LogP contribution is 2.09. The predicted molar refractivity (Wildman–Crippen MR) is 79.4 cm³/mol. The van der Waals surface area contributed by atoms with E-state index in [0.717, 1.165) is 12.1 Å². The number of rotatable bonds is 8. The molecule has 7 heteroatoms. The minimum absolute atomic E-state index is 0.284. The summed E-state index contributed by atoms with van der Waals surface area (Å²) in [7, 11) is 3.77. The lowest BCUT2D eigenvalue weighted by molar-refractivity contribution is -0.137. The second-order valence-electron chi connectivity index (χ2n) is 5.11. The van der Waals surface area contributed by atoms with Crippen LogP contribution in [0.1, 0.15) is 30.0 Å². The third-order valence-electron chi connectivity index (χ3n) is 3.14. The first-order valence-corrected chi connectivity index (χ1v) is 7.11. The highest BCUT2D eigenvalue weighted by molar-refractivity contribution is 5.94. The van der Waals surface area contributed by atoms with Crippen molar-refractivity contribution < 1.29 is 14.7 Å². The van der Waals surface area contributed by atoms with Gasteiger partial charge in [-0.25, -0.2) is 0 Å². The number of nitrogens with zero attached hydrogens (tertiary/aromatic N) is 4. The Hall–Kier alpha value is -1.89. The maximum atomic E-state index is 12.6. The zero-order chi connectivity index (χ0) is 16.0. The Balaban J connectivity index is 2.97. The summed E-state index contributed by atoms with van der Waals surface area (Å²) in [6.45, 7) is 5.13. The summed E-state index contributed by atoms with van der Waals surface area (Å²) in [4.78, 5) is 26.8. The maximum Gasteiger partial charge on any atom is 0.323 e. The molecule has 0 saturated heterocycles. The van der Waals surface area contributed by atoms with Crippen LogP contribution in [0.2, 0.25) is 0 Å². The van der Waals surface area contributed by atoms with Crippen LogP contribution in [0.15, 0.2) is 6.07 Å². The Labute approximate surface area is 125 Å². The second-order valence-corrected chi connectivity index (χ2v) is 5.11. The molecule has 0 aliphatic heterocycles. The molecule has 0 spiro atoms. The van der Waals surface area contributed by atoms with E-state index in [1.807, 2.05) is 32.8 Å². The summed E-state index contributed by atoms with van der Waals surface area (Å²) >= 11 is 0. The van der Waals surface area contributed by atoms with E-state index in [1.54, 1.807) is 10.7 Å². The molecular weight excluding hydrogens is 272 g/mol. The van der Waals surface area contributed by atoms with Crippen molar-refractivity contribution >= 4 is 11.9 Å². The van der Waals surface area contributed by atoms with Crippen LogP contribution in [0.5, 0.6) is 0 Å². The van der Waals surface area contributed by atoms with Crippen molar-refractivity contribution in [2.45, 2.75) is 26.8 Å². The first-order chi connectivity index (χ1) is 9.88. The number of carbonyl (C=O) groups excluding carboxylic acids is 1. The smallest absolute Gasteiger partial charge is 0.323 e. The number of aryl methyl sites for hydroxylation is 2. The number of carboxylic acids is 1. The van der Waals surface area contributed by atoms with Crippen molar-refractivity contribution in [2.75, 3.05) is 33.7 Å². The number of hydrogen-bond donors (Lipinski definition) is 1. The molecule has 0 aliphatic carbocycles. The van der Waals surface area contributed by atoms with Crippen molar-refractivity contribution in [3.8, 4) is 0 Å². The van der Waals surface area contributed by atoms with Gasteiger partial charge in [0, 0.05) is 19.6 Å². The number of hydrogen-bond acceptors (Lipinski definition) is 4. The third kappa shape index (κ3) is 4.86. The van der Waals surface area contributed by atoms with Crippen LogP contribution in [0.25, 0.3) is 0 Å². The molecule has 0 aromatic carbocycles. The van der Waals surface area contributed by atoms with Gasteiger partial charge < -0.3 is 14.9 Å². The summed E-state index contributed by atoms with van der Waals surface area (Å²) in [5, 5.41) is 13.3. The van der Waals surface area contributed by atoms with E-state index in [-0.39, 0.29) is 12.5 Å². The third-order valence-corrected chi connectivity index (χ3v) is 3.14. The average molecular weight is 296 g/mol. The van der Waals surface area contributed by atoms with E-state index in [0.29, 0.717) is 25.3 Å². The van der Waals surface area contributed by atoms with E-state index < -0.39 is 5.97 Å². The van der Waals surface area contributed by atoms with Crippen LogP contribution < -0.4 is 0 Å². The van der Waals surface area contributed by atoms with E-state index in [1.165, 1.54) is 4.90 Å². The fourth-order valence-electron chi connectivity index (χ4n) is 1.95. The zero-order valence-electron chi connectivity index (χ0n) is 13.2. The Morgan fingerprint density at radius 3 is 2.43 bits per heavy atom. The van der Waals surface area contributed by atoms with E-state index >= 15 is 0 Å². The maximum absolute atomic E-state index is 12.6. The van der Waals surface area contributed by atoms with E-state index in [2.05, 4.69) is 5.10 Å². The highest BCUT2D eigenvalue weighted by Gasteiger charge is 2.22. The normalized spacial score (nSPS) is 10.9. The molecule has 0 unspecified atom stereocenters. The lowest BCUT2D eigenvalue weighted by atomic mass is 10.2. The topological polar surface area (TPSA) is 78.7 Å². The molecular formula is C14H24N4O3. The zero-order valence-corrected chi connectivity index (χ0v) is 13.2. The van der Waals surface area contributed by atoms with Crippen molar-refractivity contribution in [3.63, 3.8) is 0 Å². The Morgan fingerprint density at radius 1 is 1.29 bits per heavy atom. The van der Waals surface area contributed by atoms with Gasteiger partial charge >= 0.3 is 5.97 Å². The van der Waals surface area contributed by atoms with Gasteiger partial charge in [0.1, 0.15) is 12.2 Å². The Kier molecular flexibility index (Phi) is 6.36. The number of carbonyl (C=O) groups is 2. The molecule has 0 radical (unpaired) electrons. The molecule has 118 valence electrons. The largest absolute Gasteiger partial charge is 0.480 e. The van der Waals surface area contributed by atoms with Crippen LogP contribution in [-0.4, -0.2) is 70.3 Å². The predicted octanol–water partition coefficient (Wildman–Crippen LogP) is 0.554. The van der Waals surface area contributed by atoms with Gasteiger partial charge in [-0.2, -0.15) is 5.10 Å². The molecule has 0 atom stereocenters. The van der Waals surface area contributed by atoms with Crippen LogP contribution in [-0.2, 0) is 17.8 Å².